The third-order valence-corrected chi connectivity index (χ3v) is 1.08. The van der Waals surface area contributed by atoms with Gasteiger partial charge in [0.2, 0.25) is 0 Å². The first-order valence-electron chi connectivity index (χ1n) is 3.24. The molecule has 0 amide bonds. The first-order valence-corrected chi connectivity index (χ1v) is 3.24. The molecule has 1 heteroatoms. The molecule has 0 radical (unpaired) electrons. The van der Waals surface area contributed by atoms with Gasteiger partial charge in [0.05, 0.1) is 0 Å². The molecule has 0 aromatic carbocycles. The summed E-state index contributed by atoms with van der Waals surface area (Å²) in [6.07, 6.45) is 4.72. The van der Waals surface area contributed by atoms with Gasteiger partial charge in [0.1, 0.15) is 0 Å². The molecule has 1 N–H and O–H groups in total. The molecule has 0 bridgehead atoms. The fraction of sp³-hybridized carbons (Fsp3) is 0.500. The lowest BCUT2D eigenvalue weighted by atomic mass is 10.2. The highest BCUT2D eigenvalue weighted by atomic mass is 14.4. The smallest absolute Gasteiger partial charge is 0.0390 e. The van der Waals surface area contributed by atoms with Crippen molar-refractivity contribution in [1.82, 2.24) is 0 Å². The predicted molar refractivity (Wildman–Crippen MR) is 41.0 cm³/mol. The largest absolute Gasteiger partial charge is 0.305 e. The number of hydrogen-bond donors (Lipinski definition) is 1. The summed E-state index contributed by atoms with van der Waals surface area (Å²) in [4.78, 5) is 0. The second-order valence-electron chi connectivity index (χ2n) is 1.98. The van der Waals surface area contributed by atoms with Gasteiger partial charge in [-0.25, -0.2) is 0 Å². The molecule has 0 unspecified atom stereocenters. The average Bonchev–Trinajstić information content (AvgIpc) is 1.85. The van der Waals surface area contributed by atoms with E-state index in [4.69, 9.17) is 5.41 Å². The minimum atomic E-state index is 0.631. The van der Waals surface area contributed by atoms with Gasteiger partial charge >= 0.3 is 0 Å². The Kier molecular flexibility index (Phi) is 4.85. The summed E-state index contributed by atoms with van der Waals surface area (Å²) < 4.78 is 0. The maximum Gasteiger partial charge on any atom is 0.0390 e. The zero-order valence-corrected chi connectivity index (χ0v) is 5.91. The van der Waals surface area contributed by atoms with Gasteiger partial charge in [-0.15, -0.1) is 5.73 Å². The molecular weight excluding hydrogens is 110 g/mol. The molecule has 0 heterocycles. The zero-order valence-electron chi connectivity index (χ0n) is 5.91. The van der Waals surface area contributed by atoms with E-state index in [0.717, 1.165) is 19.3 Å². The topological polar surface area (TPSA) is 23.9 Å². The van der Waals surface area contributed by atoms with Gasteiger partial charge in [0, 0.05) is 11.8 Å². The van der Waals surface area contributed by atoms with Crippen LogP contribution in [-0.4, -0.2) is 5.71 Å². The van der Waals surface area contributed by atoms with Crippen LogP contribution in [-0.2, 0) is 0 Å². The van der Waals surface area contributed by atoms with Crippen LogP contribution in [0.15, 0.2) is 18.4 Å². The summed E-state index contributed by atoms with van der Waals surface area (Å²) in [6, 6.07) is 0. The van der Waals surface area contributed by atoms with Crippen molar-refractivity contribution < 1.29 is 0 Å². The molecular formula is C8H13N. The average molecular weight is 123 g/mol. The fourth-order valence-corrected chi connectivity index (χ4v) is 0.563. The Morgan fingerprint density at radius 2 is 2.44 bits per heavy atom. The minimum absolute atomic E-state index is 0.631. The van der Waals surface area contributed by atoms with Gasteiger partial charge in [-0.3, -0.25) is 0 Å². The van der Waals surface area contributed by atoms with E-state index in [1.807, 2.05) is 0 Å². The quantitative estimate of drug-likeness (QED) is 0.439. The van der Waals surface area contributed by atoms with Gasteiger partial charge in [0.25, 0.3) is 0 Å². The molecule has 0 saturated carbocycles. The number of unbranched alkanes of at least 4 members (excludes halogenated alkanes) is 1. The fourth-order valence-electron chi connectivity index (χ4n) is 0.563. The van der Waals surface area contributed by atoms with E-state index in [2.05, 4.69) is 19.2 Å². The van der Waals surface area contributed by atoms with Crippen molar-refractivity contribution >= 4 is 5.71 Å². The Labute approximate surface area is 56.6 Å². The number of allylic oxidation sites excluding steroid dienone is 1. The Morgan fingerprint density at radius 1 is 1.78 bits per heavy atom. The lowest BCUT2D eigenvalue weighted by Crippen LogP contribution is -1.88. The molecule has 0 rings (SSSR count). The Bertz CT molecular complexity index is 130. The summed E-state index contributed by atoms with van der Waals surface area (Å²) in [6.45, 7) is 5.50. The highest BCUT2D eigenvalue weighted by molar-refractivity contribution is 5.91. The van der Waals surface area contributed by atoms with Crippen LogP contribution in [0.2, 0.25) is 0 Å². The van der Waals surface area contributed by atoms with E-state index >= 15 is 0 Å². The molecule has 0 spiro atoms. The summed E-state index contributed by atoms with van der Waals surface area (Å²) >= 11 is 0. The van der Waals surface area contributed by atoms with E-state index in [-0.39, 0.29) is 0 Å². The number of hydrogen-bond acceptors (Lipinski definition) is 1. The number of rotatable bonds is 4. The van der Waals surface area contributed by atoms with Crippen LogP contribution in [0.4, 0.5) is 0 Å². The molecule has 0 aliphatic heterocycles. The lowest BCUT2D eigenvalue weighted by molar-refractivity contribution is 0.834. The van der Waals surface area contributed by atoms with Crippen LogP contribution >= 0.6 is 0 Å². The normalized spacial score (nSPS) is 8.11. The molecule has 1 nitrogen and oxygen atoms in total. The second-order valence-corrected chi connectivity index (χ2v) is 1.98. The van der Waals surface area contributed by atoms with Crippen molar-refractivity contribution in [2.45, 2.75) is 26.2 Å². The molecule has 50 valence electrons. The van der Waals surface area contributed by atoms with Crippen molar-refractivity contribution in [2.75, 3.05) is 0 Å². The highest BCUT2D eigenvalue weighted by Crippen LogP contribution is 1.95. The molecule has 0 aliphatic carbocycles. The maximum atomic E-state index is 7.23. The van der Waals surface area contributed by atoms with Crippen LogP contribution in [0.3, 0.4) is 0 Å². The van der Waals surface area contributed by atoms with E-state index < -0.39 is 0 Å². The van der Waals surface area contributed by atoms with Crippen molar-refractivity contribution in [3.63, 3.8) is 0 Å². The predicted octanol–water partition coefficient (Wildman–Crippen LogP) is 2.54. The van der Waals surface area contributed by atoms with E-state index in [9.17, 15) is 0 Å². The SMILES string of the molecule is C=C=CC(=N)CCCC. The molecule has 0 saturated heterocycles. The van der Waals surface area contributed by atoms with Crippen LogP contribution in [0.25, 0.3) is 0 Å². The van der Waals surface area contributed by atoms with Crippen LogP contribution in [0.5, 0.6) is 0 Å². The Morgan fingerprint density at radius 3 is 2.89 bits per heavy atom. The van der Waals surface area contributed by atoms with Crippen molar-refractivity contribution in [2.24, 2.45) is 0 Å². The highest BCUT2D eigenvalue weighted by Gasteiger charge is 1.87. The zero-order chi connectivity index (χ0) is 7.11. The van der Waals surface area contributed by atoms with Gasteiger partial charge in [-0.05, 0) is 12.8 Å². The van der Waals surface area contributed by atoms with Crippen molar-refractivity contribution in [3.8, 4) is 0 Å². The monoisotopic (exact) mass is 123 g/mol. The third kappa shape index (κ3) is 5.05. The van der Waals surface area contributed by atoms with Crippen LogP contribution < -0.4 is 0 Å². The minimum Gasteiger partial charge on any atom is -0.305 e. The summed E-state index contributed by atoms with van der Waals surface area (Å²) in [5, 5.41) is 7.23. The van der Waals surface area contributed by atoms with Gasteiger partial charge in [-0.2, -0.15) is 0 Å². The van der Waals surface area contributed by atoms with Crippen LogP contribution in [0.1, 0.15) is 26.2 Å². The van der Waals surface area contributed by atoms with E-state index in [0.29, 0.717) is 5.71 Å². The Hall–Kier alpha value is -0.810. The van der Waals surface area contributed by atoms with Crippen molar-refractivity contribution in [3.05, 3.63) is 18.4 Å². The van der Waals surface area contributed by atoms with E-state index in [1.54, 1.807) is 6.08 Å². The van der Waals surface area contributed by atoms with Gasteiger partial charge in [0.15, 0.2) is 0 Å². The van der Waals surface area contributed by atoms with E-state index in [1.165, 1.54) is 0 Å². The lowest BCUT2D eigenvalue weighted by Gasteiger charge is -1.91. The van der Waals surface area contributed by atoms with Crippen LogP contribution in [0, 0.1) is 5.41 Å². The molecule has 0 aromatic heterocycles. The summed E-state index contributed by atoms with van der Waals surface area (Å²) in [5.74, 6) is 0. The first-order chi connectivity index (χ1) is 4.31. The summed E-state index contributed by atoms with van der Waals surface area (Å²) in [7, 11) is 0. The maximum absolute atomic E-state index is 7.23. The first kappa shape index (κ1) is 8.19. The van der Waals surface area contributed by atoms with Gasteiger partial charge < -0.3 is 5.41 Å². The third-order valence-electron chi connectivity index (χ3n) is 1.08. The molecule has 0 fully saturated rings. The standard InChI is InChI=1S/C8H13N/c1-3-5-7-8(9)6-4-2/h6,9H,2-3,5,7H2,1H3. The molecule has 9 heavy (non-hydrogen) atoms. The number of nitrogens with one attached hydrogen (secondary N) is 1. The molecule has 0 atom stereocenters. The summed E-state index contributed by atoms with van der Waals surface area (Å²) in [5.41, 5.74) is 3.21. The van der Waals surface area contributed by atoms with Gasteiger partial charge in [-0.1, -0.05) is 19.9 Å². The van der Waals surface area contributed by atoms with Crippen molar-refractivity contribution in [1.29, 1.82) is 5.41 Å². The Balaban J connectivity index is 3.39. The molecule has 0 aliphatic rings. The second kappa shape index (κ2) is 5.33. The molecule has 0 aromatic rings.